The van der Waals surface area contributed by atoms with Crippen molar-refractivity contribution in [1.29, 1.82) is 0 Å². The van der Waals surface area contributed by atoms with Crippen molar-refractivity contribution in [2.75, 3.05) is 12.4 Å². The minimum Gasteiger partial charge on any atom is -0.466 e. The Morgan fingerprint density at radius 1 is 0.938 bits per heavy atom. The number of rotatable bonds is 17. The molecule has 2 N–H and O–H groups in total. The van der Waals surface area contributed by atoms with E-state index in [0.717, 1.165) is 44.4 Å². The Labute approximate surface area is 197 Å². The molecule has 0 radical (unpaired) electrons. The predicted octanol–water partition coefficient (Wildman–Crippen LogP) is 5.27. The number of fused-ring (bicyclic) bond motifs is 1. The van der Waals surface area contributed by atoms with Crippen molar-refractivity contribution in [3.63, 3.8) is 0 Å². The number of esters is 1. The molecule has 3 rings (SSSR count). The molecular weight excluding hydrogens is 422 g/mol. The fourth-order valence-corrected chi connectivity index (χ4v) is 6.21. The second kappa shape index (κ2) is 14.5. The van der Waals surface area contributed by atoms with Crippen LogP contribution < -0.4 is 10.6 Å². The maximum Gasteiger partial charge on any atom is 0.315 e. The van der Waals surface area contributed by atoms with Crippen LogP contribution in [0.25, 0.3) is 0 Å². The molecule has 1 aromatic heterocycles. The van der Waals surface area contributed by atoms with E-state index in [1.54, 1.807) is 0 Å². The highest BCUT2D eigenvalue weighted by Crippen LogP contribution is 2.33. The second-order valence-corrected chi connectivity index (χ2v) is 10.5. The number of aromatic nitrogens is 1. The lowest BCUT2D eigenvalue weighted by Gasteiger charge is -2.16. The first-order valence-corrected chi connectivity index (χ1v) is 13.7. The maximum absolute atomic E-state index is 11.9. The number of ether oxygens (including phenoxy) is 1. The zero-order chi connectivity index (χ0) is 22.4. The Hall–Kier alpha value is -1.63. The van der Waals surface area contributed by atoms with Gasteiger partial charge in [0.05, 0.1) is 18.7 Å². The molecule has 3 heterocycles. The number of hydrogen-bond acceptors (Lipinski definition) is 4. The van der Waals surface area contributed by atoms with Gasteiger partial charge in [-0.25, -0.2) is 4.79 Å². The number of unbranched alkanes of at least 4 members (excludes halogenated alkanes) is 9. The Morgan fingerprint density at radius 2 is 1.62 bits per heavy atom. The molecule has 180 valence electrons. The highest BCUT2D eigenvalue weighted by molar-refractivity contribution is 8.00. The molecule has 2 fully saturated rings. The Bertz CT molecular complexity index is 667. The molecular formula is C25H41N3O3S. The van der Waals surface area contributed by atoms with Crippen LogP contribution in [0.1, 0.15) is 83.5 Å². The highest BCUT2D eigenvalue weighted by Gasteiger charge is 2.42. The van der Waals surface area contributed by atoms with Crippen LogP contribution in [0.3, 0.4) is 0 Å². The van der Waals surface area contributed by atoms with E-state index in [1.165, 1.54) is 44.9 Å². The van der Waals surface area contributed by atoms with Crippen molar-refractivity contribution in [2.45, 2.75) is 107 Å². The number of amides is 2. The zero-order valence-corrected chi connectivity index (χ0v) is 20.3. The number of hydrogen-bond donors (Lipinski definition) is 2. The molecule has 2 saturated heterocycles. The standard InChI is InChI=1S/C25H41N3O3S/c29-23(15-9-8-14-22-24-21(20-32-22)26-25(30)27-24)31-19-13-7-5-3-1-2-4-6-10-16-28-17-11-12-18-28/h11-12,17-18,21-22,24H,1-10,13-16,19-20H2,(H2,26,27,30)/t21-,22-,24-/m0/s1. The van der Waals surface area contributed by atoms with Crippen molar-refractivity contribution < 1.29 is 14.3 Å². The van der Waals surface area contributed by atoms with Gasteiger partial charge >= 0.3 is 12.0 Å². The van der Waals surface area contributed by atoms with Gasteiger partial charge in [-0.2, -0.15) is 11.8 Å². The molecule has 7 heteroatoms. The summed E-state index contributed by atoms with van der Waals surface area (Å²) in [5.41, 5.74) is 0. The fraction of sp³-hybridized carbons (Fsp3) is 0.760. The SMILES string of the molecule is O=C1N[C@H]2[C@H](CS[C@H]2CCCCC(=O)OCCCCCCCCCCCn2cccc2)N1. The van der Waals surface area contributed by atoms with Gasteiger partial charge in [0, 0.05) is 36.4 Å². The second-order valence-electron chi connectivity index (χ2n) is 9.19. The number of urea groups is 1. The molecule has 2 aliphatic rings. The summed E-state index contributed by atoms with van der Waals surface area (Å²) in [7, 11) is 0. The van der Waals surface area contributed by atoms with E-state index in [2.05, 4.69) is 39.7 Å². The number of aryl methyl sites for hydroxylation is 1. The maximum atomic E-state index is 11.9. The van der Waals surface area contributed by atoms with E-state index in [9.17, 15) is 9.59 Å². The van der Waals surface area contributed by atoms with Crippen molar-refractivity contribution in [3.8, 4) is 0 Å². The molecule has 0 unspecified atom stereocenters. The van der Waals surface area contributed by atoms with E-state index < -0.39 is 0 Å². The van der Waals surface area contributed by atoms with Crippen LogP contribution in [0, 0.1) is 0 Å². The summed E-state index contributed by atoms with van der Waals surface area (Å²) in [6.45, 7) is 1.71. The summed E-state index contributed by atoms with van der Waals surface area (Å²) < 4.78 is 7.64. The van der Waals surface area contributed by atoms with E-state index in [0.29, 0.717) is 18.3 Å². The number of carbonyl (C=O) groups is 2. The molecule has 3 atom stereocenters. The summed E-state index contributed by atoms with van der Waals surface area (Å²) in [5, 5.41) is 6.46. The van der Waals surface area contributed by atoms with Crippen LogP contribution in [-0.2, 0) is 16.1 Å². The van der Waals surface area contributed by atoms with E-state index >= 15 is 0 Å². The van der Waals surface area contributed by atoms with Gasteiger partial charge in [-0.05, 0) is 37.8 Å². The molecule has 0 spiro atoms. The van der Waals surface area contributed by atoms with E-state index in [4.69, 9.17) is 4.74 Å². The molecule has 0 aliphatic carbocycles. The molecule has 0 bridgehead atoms. The lowest BCUT2D eigenvalue weighted by atomic mass is 10.0. The first-order valence-electron chi connectivity index (χ1n) is 12.7. The third kappa shape index (κ3) is 9.08. The minimum atomic E-state index is -0.0577. The molecule has 32 heavy (non-hydrogen) atoms. The summed E-state index contributed by atoms with van der Waals surface area (Å²) >= 11 is 1.93. The van der Waals surface area contributed by atoms with Crippen molar-refractivity contribution in [1.82, 2.24) is 15.2 Å². The quantitative estimate of drug-likeness (QED) is 0.188. The molecule has 0 aromatic carbocycles. The summed E-state index contributed by atoms with van der Waals surface area (Å²) in [6, 6.07) is 4.68. The van der Waals surface area contributed by atoms with Gasteiger partial charge in [-0.15, -0.1) is 0 Å². The average molecular weight is 464 g/mol. The molecule has 1 aromatic rings. The number of thioether (sulfide) groups is 1. The van der Waals surface area contributed by atoms with Gasteiger partial charge in [-0.1, -0.05) is 51.4 Å². The highest BCUT2D eigenvalue weighted by atomic mass is 32.2. The molecule has 2 amide bonds. The van der Waals surface area contributed by atoms with Crippen molar-refractivity contribution in [2.24, 2.45) is 0 Å². The Kier molecular flexibility index (Phi) is 11.3. The van der Waals surface area contributed by atoms with Gasteiger partial charge < -0.3 is 19.9 Å². The Balaban J connectivity index is 1.04. The lowest BCUT2D eigenvalue weighted by molar-refractivity contribution is -0.143. The smallest absolute Gasteiger partial charge is 0.315 e. The van der Waals surface area contributed by atoms with Gasteiger partial charge in [0.15, 0.2) is 0 Å². The molecule has 0 saturated carbocycles. The van der Waals surface area contributed by atoms with Crippen LogP contribution in [0.5, 0.6) is 0 Å². The molecule has 6 nitrogen and oxygen atoms in total. The Morgan fingerprint density at radius 3 is 2.38 bits per heavy atom. The zero-order valence-electron chi connectivity index (χ0n) is 19.4. The fourth-order valence-electron chi connectivity index (χ4n) is 4.67. The summed E-state index contributed by atoms with van der Waals surface area (Å²) in [4.78, 5) is 23.3. The monoisotopic (exact) mass is 463 g/mol. The number of nitrogens with zero attached hydrogens (tertiary/aromatic N) is 1. The minimum absolute atomic E-state index is 0.0340. The normalized spacial score (nSPS) is 21.9. The largest absolute Gasteiger partial charge is 0.466 e. The predicted molar refractivity (Wildman–Crippen MR) is 131 cm³/mol. The van der Waals surface area contributed by atoms with Crippen LogP contribution in [0.2, 0.25) is 0 Å². The summed E-state index contributed by atoms with van der Waals surface area (Å²) in [6.07, 6.45) is 19.0. The van der Waals surface area contributed by atoms with Gasteiger partial charge in [0.1, 0.15) is 0 Å². The van der Waals surface area contributed by atoms with Crippen LogP contribution in [0.15, 0.2) is 24.5 Å². The van der Waals surface area contributed by atoms with Crippen LogP contribution in [0.4, 0.5) is 4.79 Å². The third-order valence-corrected chi connectivity index (χ3v) is 8.06. The molecule has 2 aliphatic heterocycles. The first kappa shape index (κ1) is 25.0. The van der Waals surface area contributed by atoms with E-state index in [-0.39, 0.29) is 24.1 Å². The number of nitrogens with one attached hydrogen (secondary N) is 2. The van der Waals surface area contributed by atoms with Crippen molar-refractivity contribution >= 4 is 23.8 Å². The van der Waals surface area contributed by atoms with Gasteiger partial charge in [-0.3, -0.25) is 4.79 Å². The van der Waals surface area contributed by atoms with Gasteiger partial charge in [0.2, 0.25) is 0 Å². The van der Waals surface area contributed by atoms with Crippen LogP contribution in [-0.4, -0.2) is 46.3 Å². The first-order chi connectivity index (χ1) is 15.7. The van der Waals surface area contributed by atoms with Crippen LogP contribution >= 0.6 is 11.8 Å². The van der Waals surface area contributed by atoms with Gasteiger partial charge in [0.25, 0.3) is 0 Å². The van der Waals surface area contributed by atoms with Crippen molar-refractivity contribution in [3.05, 3.63) is 24.5 Å². The topological polar surface area (TPSA) is 72.4 Å². The third-order valence-electron chi connectivity index (χ3n) is 6.55. The number of carbonyl (C=O) groups excluding carboxylic acids is 2. The average Bonchev–Trinajstić information content (AvgIpc) is 3.50. The van der Waals surface area contributed by atoms with E-state index in [1.807, 2.05) is 11.8 Å². The summed E-state index contributed by atoms with van der Waals surface area (Å²) in [5.74, 6) is 0.933. The lowest BCUT2D eigenvalue weighted by Crippen LogP contribution is -2.36.